The summed E-state index contributed by atoms with van der Waals surface area (Å²) >= 11 is 3.45. The maximum absolute atomic E-state index is 11.6. The number of H-pyrrole nitrogens is 2. The van der Waals surface area contributed by atoms with Gasteiger partial charge in [0, 0.05) is 9.86 Å². The molecule has 0 spiro atoms. The van der Waals surface area contributed by atoms with E-state index in [1.807, 2.05) is 30.3 Å². The minimum atomic E-state index is -0.479. The van der Waals surface area contributed by atoms with E-state index in [0.29, 0.717) is 5.69 Å². The largest absolute Gasteiger partial charge is 0.349 e. The Morgan fingerprint density at radius 1 is 0.889 bits per heavy atom. The molecule has 0 aliphatic carbocycles. The summed E-state index contributed by atoms with van der Waals surface area (Å²) in [5.74, 6) is 0. The van der Waals surface area contributed by atoms with Crippen molar-refractivity contribution < 1.29 is 0 Å². The molecule has 2 N–H and O–H groups in total. The van der Waals surface area contributed by atoms with E-state index in [1.165, 1.54) is 0 Å². The zero-order valence-corrected chi connectivity index (χ0v) is 10.7. The van der Waals surface area contributed by atoms with Gasteiger partial charge in [-0.1, -0.05) is 40.2 Å². The van der Waals surface area contributed by atoms with E-state index < -0.39 is 11.4 Å². The van der Waals surface area contributed by atoms with Crippen LogP contribution in [0.4, 0.5) is 0 Å². The van der Waals surface area contributed by atoms with Crippen LogP contribution in [0.15, 0.2) is 50.5 Å². The minimum absolute atomic E-state index is 0.479. The Hall–Kier alpha value is -2.08. The smallest absolute Gasteiger partial charge is 0.247 e. The van der Waals surface area contributed by atoms with Crippen LogP contribution < -0.4 is 11.4 Å². The second-order valence-corrected chi connectivity index (χ2v) is 4.66. The average Bonchev–Trinajstić information content (AvgIpc) is 2.71. The average molecular weight is 306 g/mol. The molecule has 0 saturated heterocycles. The Labute approximate surface area is 109 Å². The lowest BCUT2D eigenvalue weighted by Gasteiger charge is -2.06. The molecular weight excluding hydrogens is 298 g/mol. The van der Waals surface area contributed by atoms with Gasteiger partial charge in [-0.15, -0.1) is 0 Å². The predicted molar refractivity (Wildman–Crippen MR) is 72.2 cm³/mol. The molecule has 0 radical (unpaired) electrons. The molecule has 0 atom stereocenters. The second-order valence-electron chi connectivity index (χ2n) is 3.81. The Morgan fingerprint density at radius 3 is 2.17 bits per heavy atom. The third-order valence-electron chi connectivity index (χ3n) is 2.77. The van der Waals surface area contributed by atoms with Crippen molar-refractivity contribution in [2.75, 3.05) is 0 Å². The molecule has 0 aliphatic heterocycles. The Balaban J connectivity index is 2.49. The summed E-state index contributed by atoms with van der Waals surface area (Å²) in [6.07, 6.45) is 0. The number of rotatable bonds is 1. The molecule has 2 aromatic carbocycles. The molecule has 3 aromatic rings. The highest BCUT2D eigenvalue weighted by Gasteiger charge is 2.10. The Bertz CT molecular complexity index is 817. The fraction of sp³-hybridized carbons (Fsp3) is 0. The van der Waals surface area contributed by atoms with E-state index in [0.717, 1.165) is 19.8 Å². The fourth-order valence-corrected chi connectivity index (χ4v) is 2.45. The Kier molecular flexibility index (Phi) is 2.45. The van der Waals surface area contributed by atoms with E-state index >= 15 is 0 Å². The van der Waals surface area contributed by atoms with Crippen molar-refractivity contribution in [3.05, 3.63) is 61.8 Å². The molecule has 90 valence electrons. The van der Waals surface area contributed by atoms with Gasteiger partial charge in [0.25, 0.3) is 0 Å². The third-order valence-corrected chi connectivity index (χ3v) is 3.46. The molecule has 3 rings (SSSR count). The summed E-state index contributed by atoms with van der Waals surface area (Å²) < 4.78 is 2.00. The normalized spacial score (nSPS) is 10.9. The number of hydrogen-bond acceptors (Lipinski definition) is 2. The van der Waals surface area contributed by atoms with Gasteiger partial charge < -0.3 is 0 Å². The number of halogens is 1. The van der Waals surface area contributed by atoms with E-state index in [2.05, 4.69) is 26.1 Å². The quantitative estimate of drug-likeness (QED) is 0.719. The summed E-state index contributed by atoms with van der Waals surface area (Å²) in [5.41, 5.74) is -0.402. The van der Waals surface area contributed by atoms with Crippen molar-refractivity contribution in [1.29, 1.82) is 0 Å². The number of hydrogen-bond donors (Lipinski definition) is 2. The molecule has 1 heterocycles. The van der Waals surface area contributed by atoms with Crippen molar-refractivity contribution in [3.63, 3.8) is 0 Å². The first kappa shape index (κ1) is 11.0. The summed E-state index contributed by atoms with van der Waals surface area (Å²) in [4.78, 5) is 23.3. The predicted octanol–water partition coefficient (Wildman–Crippen LogP) is 1.77. The highest BCUT2D eigenvalue weighted by molar-refractivity contribution is 9.10. The number of fused-ring (bicyclic) bond motifs is 1. The van der Waals surface area contributed by atoms with Gasteiger partial charge in [-0.3, -0.25) is 0 Å². The molecule has 0 saturated carbocycles. The molecule has 6 heteroatoms. The summed E-state index contributed by atoms with van der Waals surface area (Å²) in [5, 5.41) is 6.33. The van der Waals surface area contributed by atoms with E-state index in [1.54, 1.807) is 6.07 Å². The van der Waals surface area contributed by atoms with Crippen LogP contribution in [0.25, 0.3) is 16.5 Å². The molecule has 18 heavy (non-hydrogen) atoms. The maximum Gasteiger partial charge on any atom is 0.349 e. The Morgan fingerprint density at radius 2 is 1.50 bits per heavy atom. The fourth-order valence-electron chi connectivity index (χ4n) is 1.97. The second kappa shape index (κ2) is 3.99. The van der Waals surface area contributed by atoms with Gasteiger partial charge in [0.1, 0.15) is 0 Å². The topological polar surface area (TPSA) is 70.7 Å². The first-order valence-electron chi connectivity index (χ1n) is 5.26. The van der Waals surface area contributed by atoms with Crippen molar-refractivity contribution in [2.45, 2.75) is 0 Å². The monoisotopic (exact) mass is 305 g/mol. The number of aromatic amines is 2. The first-order chi connectivity index (χ1) is 8.68. The third kappa shape index (κ3) is 1.53. The molecular formula is C12H8BrN3O2. The molecule has 0 aliphatic rings. The lowest BCUT2D eigenvalue weighted by Crippen LogP contribution is -2.24. The maximum atomic E-state index is 11.6. The molecule has 1 aromatic heterocycles. The molecule has 0 bridgehead atoms. The molecule has 0 amide bonds. The summed E-state index contributed by atoms with van der Waals surface area (Å²) in [7, 11) is 0. The van der Waals surface area contributed by atoms with Gasteiger partial charge in [0.15, 0.2) is 0 Å². The van der Waals surface area contributed by atoms with Crippen LogP contribution in [0, 0.1) is 0 Å². The van der Waals surface area contributed by atoms with Crippen LogP contribution in [0.2, 0.25) is 0 Å². The zero-order chi connectivity index (χ0) is 12.7. The van der Waals surface area contributed by atoms with Crippen LogP contribution in [0.1, 0.15) is 0 Å². The number of benzene rings is 2. The highest BCUT2D eigenvalue weighted by Crippen LogP contribution is 2.27. The summed E-state index contributed by atoms with van der Waals surface area (Å²) in [6, 6.07) is 11.1. The van der Waals surface area contributed by atoms with Crippen molar-refractivity contribution in [3.8, 4) is 5.69 Å². The SMILES string of the molecule is O=c1[nH][nH]c(=O)n1-c1ccc(Br)c2ccccc12. The molecule has 0 unspecified atom stereocenters. The lowest BCUT2D eigenvalue weighted by molar-refractivity contribution is 0.960. The van der Waals surface area contributed by atoms with Gasteiger partial charge in [-0.05, 0) is 17.5 Å². The van der Waals surface area contributed by atoms with E-state index in [4.69, 9.17) is 0 Å². The van der Waals surface area contributed by atoms with Gasteiger partial charge in [0.2, 0.25) is 0 Å². The van der Waals surface area contributed by atoms with Gasteiger partial charge in [-0.2, -0.15) is 0 Å². The van der Waals surface area contributed by atoms with Crippen molar-refractivity contribution in [1.82, 2.24) is 14.8 Å². The van der Waals surface area contributed by atoms with Crippen LogP contribution in [0.3, 0.4) is 0 Å². The van der Waals surface area contributed by atoms with Crippen LogP contribution in [-0.4, -0.2) is 14.8 Å². The van der Waals surface area contributed by atoms with Crippen molar-refractivity contribution >= 4 is 26.7 Å². The lowest BCUT2D eigenvalue weighted by atomic mass is 10.1. The van der Waals surface area contributed by atoms with Gasteiger partial charge in [0.05, 0.1) is 5.69 Å². The summed E-state index contributed by atoms with van der Waals surface area (Å²) in [6.45, 7) is 0. The van der Waals surface area contributed by atoms with Gasteiger partial charge in [-0.25, -0.2) is 24.4 Å². The number of nitrogens with zero attached hydrogens (tertiary/aromatic N) is 1. The highest BCUT2D eigenvalue weighted by atomic mass is 79.9. The van der Waals surface area contributed by atoms with Gasteiger partial charge >= 0.3 is 11.4 Å². The van der Waals surface area contributed by atoms with Crippen LogP contribution in [-0.2, 0) is 0 Å². The van der Waals surface area contributed by atoms with E-state index in [-0.39, 0.29) is 0 Å². The molecule has 5 nitrogen and oxygen atoms in total. The zero-order valence-electron chi connectivity index (χ0n) is 9.11. The van der Waals surface area contributed by atoms with Crippen molar-refractivity contribution in [2.24, 2.45) is 0 Å². The minimum Gasteiger partial charge on any atom is -0.247 e. The van der Waals surface area contributed by atoms with Crippen LogP contribution in [0.5, 0.6) is 0 Å². The number of aromatic nitrogens is 3. The van der Waals surface area contributed by atoms with Crippen LogP contribution >= 0.6 is 15.9 Å². The number of nitrogens with one attached hydrogen (secondary N) is 2. The van der Waals surface area contributed by atoms with E-state index in [9.17, 15) is 9.59 Å². The molecule has 0 fully saturated rings. The first-order valence-corrected chi connectivity index (χ1v) is 6.05. The standard InChI is InChI=1S/C12H8BrN3O2/c13-9-5-6-10(8-4-2-1-3-7(8)9)16-11(17)14-15-12(16)18/h1-6H,(H,14,17)(H,15,18).